The van der Waals surface area contributed by atoms with Crippen molar-refractivity contribution < 1.29 is 4.92 Å². The number of nitriles is 1. The molecule has 1 aromatic rings. The van der Waals surface area contributed by atoms with Gasteiger partial charge in [-0.05, 0) is 17.5 Å². The minimum atomic E-state index is -0.537. The molecule has 84 valence electrons. The molecule has 0 radical (unpaired) electrons. The van der Waals surface area contributed by atoms with Crippen LogP contribution in [0.4, 0.5) is 5.69 Å². The number of nitro benzene ring substituents is 1. The van der Waals surface area contributed by atoms with E-state index in [1.54, 1.807) is 12.1 Å². The normalized spacial score (nSPS) is 13.9. The molecule has 0 N–H and O–H groups in total. The van der Waals surface area contributed by atoms with Crippen molar-refractivity contribution in [3.8, 4) is 6.07 Å². The van der Waals surface area contributed by atoms with E-state index < -0.39 is 4.92 Å². The molecule has 0 bridgehead atoms. The van der Waals surface area contributed by atoms with E-state index >= 15 is 0 Å². The first-order valence-electron chi connectivity index (χ1n) is 4.80. The summed E-state index contributed by atoms with van der Waals surface area (Å²) in [6.45, 7) is 4.00. The van der Waals surface area contributed by atoms with E-state index in [0.29, 0.717) is 0 Å². The largest absolute Gasteiger partial charge is 0.287 e. The molecule has 0 aliphatic rings. The second kappa shape index (κ2) is 5.08. The van der Waals surface area contributed by atoms with Gasteiger partial charge in [0.05, 0.1) is 4.92 Å². The minimum absolute atomic E-state index is 0.113. The number of hydrogen-bond donors (Lipinski definition) is 0. The zero-order valence-electron chi connectivity index (χ0n) is 8.98. The van der Waals surface area contributed by atoms with Crippen LogP contribution >= 0.6 is 15.9 Å². The van der Waals surface area contributed by atoms with Crippen LogP contribution in [0.2, 0.25) is 0 Å². The highest BCUT2D eigenvalue weighted by Gasteiger charge is 2.17. The lowest BCUT2D eigenvalue weighted by atomic mass is 9.96. The molecule has 0 aromatic heterocycles. The molecule has 4 nitrogen and oxygen atoms in total. The van der Waals surface area contributed by atoms with E-state index in [4.69, 9.17) is 5.26 Å². The fraction of sp³-hybridized carbons (Fsp3) is 0.364. The molecule has 2 unspecified atom stereocenters. The topological polar surface area (TPSA) is 66.9 Å². The van der Waals surface area contributed by atoms with Crippen LogP contribution in [-0.4, -0.2) is 9.75 Å². The first-order valence-corrected chi connectivity index (χ1v) is 5.71. The summed E-state index contributed by atoms with van der Waals surface area (Å²) in [6, 6.07) is 6.52. The summed E-state index contributed by atoms with van der Waals surface area (Å²) in [5.41, 5.74) is 0.898. The zero-order chi connectivity index (χ0) is 12.3. The van der Waals surface area contributed by atoms with Crippen molar-refractivity contribution >= 4 is 21.6 Å². The smallest absolute Gasteiger partial charge is 0.258 e. The summed E-state index contributed by atoms with van der Waals surface area (Å²) < 4.78 is 0. The van der Waals surface area contributed by atoms with Crippen molar-refractivity contribution in [3.63, 3.8) is 0 Å². The van der Waals surface area contributed by atoms with Gasteiger partial charge >= 0.3 is 0 Å². The van der Waals surface area contributed by atoms with Crippen molar-refractivity contribution in [2.75, 3.05) is 0 Å². The molecule has 2 atom stereocenters. The first-order chi connectivity index (χ1) is 7.47. The molecule has 0 heterocycles. The molecule has 0 saturated carbocycles. The van der Waals surface area contributed by atoms with Gasteiger partial charge in [-0.1, -0.05) is 35.8 Å². The monoisotopic (exact) mass is 282 g/mol. The average Bonchev–Trinajstić information content (AvgIpc) is 2.26. The Balaban J connectivity index is 3.20. The fourth-order valence-electron chi connectivity index (χ4n) is 1.35. The summed E-state index contributed by atoms with van der Waals surface area (Å²) in [7, 11) is 0. The van der Waals surface area contributed by atoms with Gasteiger partial charge in [-0.3, -0.25) is 10.1 Å². The Labute approximate surface area is 102 Å². The van der Waals surface area contributed by atoms with Gasteiger partial charge in [-0.25, -0.2) is 0 Å². The second-order valence-electron chi connectivity index (χ2n) is 3.61. The van der Waals surface area contributed by atoms with E-state index in [2.05, 4.69) is 15.9 Å². The lowest BCUT2D eigenvalue weighted by Crippen LogP contribution is -2.05. The SMILES string of the molecule is CC(Br)C(C)c1ccc([N+](=O)[O-])c(C#N)c1. The number of hydrogen-bond acceptors (Lipinski definition) is 3. The van der Waals surface area contributed by atoms with E-state index in [-0.39, 0.29) is 22.0 Å². The third-order valence-electron chi connectivity index (χ3n) is 2.55. The van der Waals surface area contributed by atoms with Crippen LogP contribution in [0, 0.1) is 21.4 Å². The molecular formula is C11H11BrN2O2. The predicted molar refractivity (Wildman–Crippen MR) is 64.6 cm³/mol. The van der Waals surface area contributed by atoms with Crippen LogP contribution in [0.5, 0.6) is 0 Å². The Morgan fingerprint density at radius 3 is 2.56 bits per heavy atom. The van der Waals surface area contributed by atoms with Crippen molar-refractivity contribution in [1.82, 2.24) is 0 Å². The predicted octanol–water partition coefficient (Wildman–Crippen LogP) is 3.35. The van der Waals surface area contributed by atoms with Crippen molar-refractivity contribution in [1.29, 1.82) is 5.26 Å². The van der Waals surface area contributed by atoms with E-state index in [1.165, 1.54) is 6.07 Å². The Morgan fingerprint density at radius 2 is 2.12 bits per heavy atom. The molecule has 0 fully saturated rings. The van der Waals surface area contributed by atoms with Crippen molar-refractivity contribution in [2.24, 2.45) is 0 Å². The molecule has 16 heavy (non-hydrogen) atoms. The Hall–Kier alpha value is -1.41. The Bertz CT molecular complexity index is 452. The third-order valence-corrected chi connectivity index (χ3v) is 3.35. The van der Waals surface area contributed by atoms with Crippen LogP contribution in [0.1, 0.15) is 30.9 Å². The van der Waals surface area contributed by atoms with Gasteiger partial charge in [0, 0.05) is 10.9 Å². The maximum atomic E-state index is 10.6. The summed E-state index contributed by atoms with van der Waals surface area (Å²) in [4.78, 5) is 10.4. The molecule has 0 amide bonds. The summed E-state index contributed by atoms with van der Waals surface area (Å²) >= 11 is 3.45. The molecule has 1 rings (SSSR count). The number of benzene rings is 1. The molecule has 0 saturated heterocycles. The zero-order valence-corrected chi connectivity index (χ0v) is 10.6. The van der Waals surface area contributed by atoms with Crippen LogP contribution in [0.15, 0.2) is 18.2 Å². The standard InChI is InChI=1S/C11H11BrN2O2/c1-7(8(2)12)9-3-4-11(14(15)16)10(5-9)6-13/h3-5,7-8H,1-2H3. The van der Waals surface area contributed by atoms with Gasteiger partial charge < -0.3 is 0 Å². The van der Waals surface area contributed by atoms with Gasteiger partial charge in [0.25, 0.3) is 5.69 Å². The number of alkyl halides is 1. The minimum Gasteiger partial charge on any atom is -0.258 e. The Kier molecular flexibility index (Phi) is 4.02. The maximum Gasteiger partial charge on any atom is 0.287 e. The van der Waals surface area contributed by atoms with E-state index in [1.807, 2.05) is 19.9 Å². The van der Waals surface area contributed by atoms with Gasteiger partial charge in [0.2, 0.25) is 0 Å². The number of halogens is 1. The molecule has 0 spiro atoms. The number of nitro groups is 1. The summed E-state index contributed by atoms with van der Waals surface area (Å²) in [5, 5.41) is 19.5. The third kappa shape index (κ3) is 2.58. The highest BCUT2D eigenvalue weighted by molar-refractivity contribution is 9.09. The van der Waals surface area contributed by atoms with Crippen LogP contribution in [0.3, 0.4) is 0 Å². The van der Waals surface area contributed by atoms with Gasteiger partial charge in [-0.15, -0.1) is 0 Å². The van der Waals surface area contributed by atoms with Gasteiger partial charge in [0.15, 0.2) is 0 Å². The average molecular weight is 283 g/mol. The Morgan fingerprint density at radius 1 is 1.50 bits per heavy atom. The van der Waals surface area contributed by atoms with Crippen LogP contribution in [0.25, 0.3) is 0 Å². The maximum absolute atomic E-state index is 10.6. The molecule has 0 aliphatic heterocycles. The molecule has 5 heteroatoms. The molecule has 1 aromatic carbocycles. The fourth-order valence-corrected chi connectivity index (χ4v) is 1.66. The lowest BCUT2D eigenvalue weighted by molar-refractivity contribution is -0.385. The summed E-state index contributed by atoms with van der Waals surface area (Å²) in [5.74, 6) is 0.202. The van der Waals surface area contributed by atoms with Gasteiger partial charge in [0.1, 0.15) is 11.6 Å². The first kappa shape index (κ1) is 12.7. The van der Waals surface area contributed by atoms with E-state index in [9.17, 15) is 10.1 Å². The highest BCUT2D eigenvalue weighted by atomic mass is 79.9. The lowest BCUT2D eigenvalue weighted by Gasteiger charge is -2.14. The highest BCUT2D eigenvalue weighted by Crippen LogP contribution is 2.28. The molecule has 0 aliphatic carbocycles. The summed E-state index contributed by atoms with van der Waals surface area (Å²) in [6.07, 6.45) is 0. The number of nitrogens with zero attached hydrogens (tertiary/aromatic N) is 2. The van der Waals surface area contributed by atoms with Crippen molar-refractivity contribution in [3.05, 3.63) is 39.4 Å². The van der Waals surface area contributed by atoms with E-state index in [0.717, 1.165) is 5.56 Å². The van der Waals surface area contributed by atoms with Crippen LogP contribution < -0.4 is 0 Å². The quantitative estimate of drug-likeness (QED) is 0.485. The van der Waals surface area contributed by atoms with Crippen molar-refractivity contribution in [2.45, 2.75) is 24.6 Å². The van der Waals surface area contributed by atoms with Crippen LogP contribution in [-0.2, 0) is 0 Å². The number of rotatable bonds is 3. The van der Waals surface area contributed by atoms with Gasteiger partial charge in [-0.2, -0.15) is 5.26 Å². The second-order valence-corrected chi connectivity index (χ2v) is 5.06. The molecular weight excluding hydrogens is 272 g/mol.